The predicted molar refractivity (Wildman–Crippen MR) is 374 cm³/mol. The summed E-state index contributed by atoms with van der Waals surface area (Å²) in [7, 11) is 0. The van der Waals surface area contributed by atoms with Crippen LogP contribution in [0.15, 0.2) is 323 Å². The van der Waals surface area contributed by atoms with Gasteiger partial charge in [-0.3, -0.25) is 29.9 Å². The van der Waals surface area contributed by atoms with E-state index in [-0.39, 0.29) is 0 Å². The van der Waals surface area contributed by atoms with E-state index < -0.39 is 0 Å². The second-order valence-electron chi connectivity index (χ2n) is 21.0. The van der Waals surface area contributed by atoms with E-state index in [4.69, 9.17) is 0 Å². The smallest absolute Gasteiger partial charge is 0.159 e. The Labute approximate surface area is 536 Å². The molecule has 0 saturated carbocycles. The molecule has 14 rings (SSSR count). The summed E-state index contributed by atoms with van der Waals surface area (Å²) >= 11 is 0. The van der Waals surface area contributed by atoms with Crippen molar-refractivity contribution in [2.24, 2.45) is 0 Å². The first-order valence-electron chi connectivity index (χ1n) is 30.0. The van der Waals surface area contributed by atoms with Gasteiger partial charge in [-0.1, -0.05) is 231 Å². The maximum atomic E-state index is 4.44. The van der Waals surface area contributed by atoms with Gasteiger partial charge in [-0.05, 0) is 118 Å². The van der Waals surface area contributed by atoms with Gasteiger partial charge in [0.1, 0.15) is 5.82 Å². The van der Waals surface area contributed by atoms with Crippen molar-refractivity contribution in [3.8, 4) is 78.5 Å². The molecule has 0 spiro atoms. The summed E-state index contributed by atoms with van der Waals surface area (Å²) in [6.45, 7) is 13.8. The Morgan fingerprint density at radius 2 is 0.637 bits per heavy atom. The molecule has 0 amide bonds. The Hall–Kier alpha value is -11.6. The van der Waals surface area contributed by atoms with Gasteiger partial charge in [-0.15, -0.1) is 0 Å². The second kappa shape index (κ2) is 35.9. The topological polar surface area (TPSA) is 129 Å². The fourth-order valence-corrected chi connectivity index (χ4v) is 8.64. The van der Waals surface area contributed by atoms with Gasteiger partial charge in [0.15, 0.2) is 5.82 Å². The quantitative estimate of drug-likeness (QED) is 0.152. The minimum Gasteiger partial charge on any atom is -0.262 e. The molecule has 10 heteroatoms. The highest BCUT2D eigenvalue weighted by Crippen LogP contribution is 2.22. The van der Waals surface area contributed by atoms with Crippen LogP contribution in [0.1, 0.15) is 39.7 Å². The number of hydrogen-bond donors (Lipinski definition) is 0. The number of aromatic nitrogens is 10. The van der Waals surface area contributed by atoms with Crippen molar-refractivity contribution in [3.05, 3.63) is 362 Å². The van der Waals surface area contributed by atoms with Crippen molar-refractivity contribution >= 4 is 0 Å². The van der Waals surface area contributed by atoms with Gasteiger partial charge in [0, 0.05) is 100 Å². The van der Waals surface area contributed by atoms with Gasteiger partial charge >= 0.3 is 0 Å². The molecule has 0 saturated heterocycles. The van der Waals surface area contributed by atoms with E-state index in [1.165, 1.54) is 38.9 Å². The first-order valence-corrected chi connectivity index (χ1v) is 30.0. The maximum absolute atomic E-state index is 4.44. The Balaban J connectivity index is 0.000000137. The lowest BCUT2D eigenvalue weighted by Gasteiger charge is -2.00. The molecule has 7 heterocycles. The lowest BCUT2D eigenvalue weighted by molar-refractivity contribution is 1.06. The van der Waals surface area contributed by atoms with Crippen LogP contribution in [0.2, 0.25) is 0 Å². The highest BCUT2D eigenvalue weighted by molar-refractivity contribution is 5.65. The van der Waals surface area contributed by atoms with E-state index >= 15 is 0 Å². The first kappa shape index (κ1) is 65.4. The van der Waals surface area contributed by atoms with Gasteiger partial charge in [0.05, 0.1) is 29.0 Å². The van der Waals surface area contributed by atoms with Gasteiger partial charge in [0.2, 0.25) is 0 Å². The zero-order valence-electron chi connectivity index (χ0n) is 52.6. The highest BCUT2D eigenvalue weighted by Gasteiger charge is 2.02. The molecule has 0 aliphatic carbocycles. The number of rotatable bonds is 7. The van der Waals surface area contributed by atoms with E-state index in [9.17, 15) is 0 Å². The van der Waals surface area contributed by atoms with Crippen molar-refractivity contribution in [1.29, 1.82) is 0 Å². The van der Waals surface area contributed by atoms with Gasteiger partial charge in [-0.2, -0.15) is 0 Å². The average Bonchev–Trinajstić information content (AvgIpc) is 3.82. The van der Waals surface area contributed by atoms with Crippen LogP contribution in [0.3, 0.4) is 0 Å². The third kappa shape index (κ3) is 22.6. The Bertz CT molecular complexity index is 3710. The molecule has 0 radical (unpaired) electrons. The fourth-order valence-electron chi connectivity index (χ4n) is 8.64. The summed E-state index contributed by atoms with van der Waals surface area (Å²) in [6.07, 6.45) is 16.6. The van der Waals surface area contributed by atoms with Crippen molar-refractivity contribution < 1.29 is 0 Å². The molecule has 0 bridgehead atoms. The second-order valence-corrected chi connectivity index (χ2v) is 21.0. The predicted octanol–water partition coefficient (Wildman–Crippen LogP) is 19.6. The van der Waals surface area contributed by atoms with Crippen LogP contribution < -0.4 is 0 Å². The molecule has 10 nitrogen and oxygen atoms in total. The average molecular weight is 1190 g/mol. The molecular formula is C81H74N10. The van der Waals surface area contributed by atoms with Crippen molar-refractivity contribution in [3.63, 3.8) is 0 Å². The largest absolute Gasteiger partial charge is 0.262 e. The lowest BCUT2D eigenvalue weighted by Crippen LogP contribution is -1.88. The third-order valence-corrected chi connectivity index (χ3v) is 13.5. The molecule has 448 valence electrons. The van der Waals surface area contributed by atoms with Gasteiger partial charge in [0.25, 0.3) is 0 Å². The van der Waals surface area contributed by atoms with Crippen LogP contribution >= 0.6 is 0 Å². The minimum absolute atomic E-state index is 0.784. The lowest BCUT2D eigenvalue weighted by atomic mass is 10.1. The van der Waals surface area contributed by atoms with E-state index in [2.05, 4.69) is 117 Å². The number of benzene rings is 7. The summed E-state index contributed by atoms with van der Waals surface area (Å²) in [6, 6.07) is 89.6. The molecule has 0 unspecified atom stereocenters. The zero-order chi connectivity index (χ0) is 63.7. The van der Waals surface area contributed by atoms with Crippen LogP contribution in [0.4, 0.5) is 0 Å². The summed E-state index contributed by atoms with van der Waals surface area (Å²) in [4.78, 5) is 42.5. The Morgan fingerprint density at radius 1 is 0.198 bits per heavy atom. The van der Waals surface area contributed by atoms with Crippen molar-refractivity contribution in [2.75, 3.05) is 0 Å². The summed E-state index contributed by atoms with van der Waals surface area (Å²) in [5, 5.41) is 0. The third-order valence-electron chi connectivity index (χ3n) is 13.5. The van der Waals surface area contributed by atoms with Crippen LogP contribution in [0.25, 0.3) is 78.5 Å². The molecule has 0 atom stereocenters. The standard InChI is InChI=1S/4C12H11N.3C11H10N2/c1-10-6-5-9-12(13-10)11-7-3-2-4-8-11;1-10-9-12(7-8-13-10)11-5-3-2-4-6-11;1-10-7-8-12(9-13-10)11-5-3-2-4-6-11;1-10-7-8-12(13-9-10)11-5-3-2-4-6-11;1-9-12-7-11(8-13-9)10-5-3-2-4-6-10;1-9-7-13-11(8-12-9)10-5-3-2-4-6-10;1-9-7-12-11(13-8-9)10-5-3-2-4-6-10/h4*2-9H,1H3;3*2-8H,1H3. The molecule has 0 N–H and O–H groups in total. The molecule has 14 aromatic rings. The zero-order valence-corrected chi connectivity index (χ0v) is 52.6. The summed E-state index contributed by atoms with van der Waals surface area (Å²) in [5.74, 6) is 1.59. The molecule has 0 aliphatic rings. The van der Waals surface area contributed by atoms with Crippen LogP contribution in [-0.4, -0.2) is 49.8 Å². The van der Waals surface area contributed by atoms with Crippen molar-refractivity contribution in [1.82, 2.24) is 49.8 Å². The molecule has 0 fully saturated rings. The van der Waals surface area contributed by atoms with Crippen LogP contribution in [0.5, 0.6) is 0 Å². The Morgan fingerprint density at radius 3 is 1.10 bits per heavy atom. The monoisotopic (exact) mass is 1190 g/mol. The highest BCUT2D eigenvalue weighted by atomic mass is 14.9. The van der Waals surface area contributed by atoms with Gasteiger partial charge in [-0.25, -0.2) is 19.9 Å². The summed E-state index contributed by atoms with van der Waals surface area (Å²) < 4.78 is 0. The molecule has 91 heavy (non-hydrogen) atoms. The van der Waals surface area contributed by atoms with E-state index in [0.717, 1.165) is 79.3 Å². The van der Waals surface area contributed by atoms with Crippen LogP contribution in [-0.2, 0) is 0 Å². The molecule has 7 aromatic carbocycles. The SMILES string of the molecule is Cc1cc(-c2ccccc2)ccn1.Cc1ccc(-c2ccccc2)cn1.Cc1ccc(-c2ccccc2)nc1.Cc1cccc(-c2ccccc2)n1.Cc1cnc(-c2ccccc2)cn1.Cc1cnc(-c2ccccc2)nc1.Cc1ncc(-c2ccccc2)cn1. The maximum Gasteiger partial charge on any atom is 0.159 e. The molecule has 0 aliphatic heterocycles. The first-order chi connectivity index (χ1) is 44.5. The minimum atomic E-state index is 0.784. The fraction of sp³-hybridized carbons (Fsp3) is 0.0864. The normalized spacial score (nSPS) is 9.92. The van der Waals surface area contributed by atoms with Crippen LogP contribution in [0, 0.1) is 48.5 Å². The Kier molecular flexibility index (Phi) is 25.8. The van der Waals surface area contributed by atoms with E-state index in [0.29, 0.717) is 0 Å². The molecule has 7 aromatic heterocycles. The van der Waals surface area contributed by atoms with Gasteiger partial charge < -0.3 is 0 Å². The number of hydrogen-bond acceptors (Lipinski definition) is 10. The van der Waals surface area contributed by atoms with Crippen molar-refractivity contribution in [2.45, 2.75) is 48.5 Å². The number of nitrogens with zero attached hydrogens (tertiary/aromatic N) is 10. The number of aryl methyl sites for hydroxylation is 7. The molecular weight excluding hydrogens is 1110 g/mol. The summed E-state index contributed by atoms with van der Waals surface area (Å²) in [5.41, 5.74) is 21.0. The number of pyridine rings is 4. The van der Waals surface area contributed by atoms with E-state index in [1.807, 2.05) is 292 Å². The van der Waals surface area contributed by atoms with E-state index in [1.54, 1.807) is 12.4 Å².